The van der Waals surface area contributed by atoms with E-state index in [0.717, 1.165) is 44.8 Å². The number of hydrogen-bond donors (Lipinski definition) is 1. The number of rotatable bonds is 10. The fourth-order valence-corrected chi connectivity index (χ4v) is 5.40. The minimum absolute atomic E-state index is 0.150. The maximum Gasteiger partial charge on any atom is 0.254 e. The number of nitrogens with zero attached hydrogens (tertiary/aromatic N) is 4. The molecule has 0 bridgehead atoms. The van der Waals surface area contributed by atoms with Crippen LogP contribution in [0.4, 0.5) is 8.78 Å². The topological polar surface area (TPSA) is 102 Å². The number of amides is 2. The molecule has 2 N–H and O–H groups in total. The van der Waals surface area contributed by atoms with Crippen molar-refractivity contribution in [3.05, 3.63) is 42.0 Å². The zero-order chi connectivity index (χ0) is 28.0. The highest BCUT2D eigenvalue weighted by Gasteiger charge is 2.32. The van der Waals surface area contributed by atoms with Crippen molar-refractivity contribution in [1.82, 2.24) is 19.8 Å². The van der Waals surface area contributed by atoms with Gasteiger partial charge in [-0.2, -0.15) is 0 Å². The molecule has 3 heterocycles. The van der Waals surface area contributed by atoms with Gasteiger partial charge in [0.1, 0.15) is 17.5 Å². The molecule has 39 heavy (non-hydrogen) atoms. The smallest absolute Gasteiger partial charge is 0.254 e. The number of likely N-dealkylation sites (tertiary alicyclic amines) is 2. The summed E-state index contributed by atoms with van der Waals surface area (Å²) in [5.41, 5.74) is 4.67. The quantitative estimate of drug-likeness (QED) is 0.477. The lowest BCUT2D eigenvalue weighted by Crippen LogP contribution is -2.50. The van der Waals surface area contributed by atoms with Crippen LogP contribution >= 0.6 is 0 Å². The van der Waals surface area contributed by atoms with E-state index in [4.69, 9.17) is 10.5 Å². The first-order valence-corrected chi connectivity index (χ1v) is 14.0. The lowest BCUT2D eigenvalue weighted by molar-refractivity contribution is -0.123. The Morgan fingerprint density at radius 2 is 1.77 bits per heavy atom. The molecular formula is C29H39F2N5O3. The second-order valence-electron chi connectivity index (χ2n) is 10.7. The van der Waals surface area contributed by atoms with E-state index in [1.807, 2.05) is 13.8 Å². The van der Waals surface area contributed by atoms with Gasteiger partial charge in [0, 0.05) is 18.7 Å². The van der Waals surface area contributed by atoms with Crippen LogP contribution in [0.5, 0.6) is 5.75 Å². The molecule has 8 nitrogen and oxygen atoms in total. The van der Waals surface area contributed by atoms with E-state index in [0.29, 0.717) is 50.6 Å². The van der Waals surface area contributed by atoms with Crippen LogP contribution in [-0.4, -0.2) is 76.1 Å². The normalized spacial score (nSPS) is 19.2. The molecule has 212 valence electrons. The van der Waals surface area contributed by atoms with Crippen molar-refractivity contribution < 1.29 is 23.1 Å². The Labute approximate surface area is 228 Å². The van der Waals surface area contributed by atoms with E-state index in [1.54, 1.807) is 0 Å². The number of hydrogen-bond acceptors (Lipinski definition) is 6. The fraction of sp³-hybridized carbons (Fsp3) is 0.586. The third kappa shape index (κ3) is 7.09. The second kappa shape index (κ2) is 12.8. The molecule has 0 aliphatic carbocycles. The number of ether oxygens (including phenoxy) is 1. The number of benzene rings is 1. The third-order valence-electron chi connectivity index (χ3n) is 8.14. The summed E-state index contributed by atoms with van der Waals surface area (Å²) in [5.74, 6) is -0.545. The summed E-state index contributed by atoms with van der Waals surface area (Å²) in [6.45, 7) is 6.94. The molecule has 4 rings (SSSR count). The van der Waals surface area contributed by atoms with Crippen LogP contribution < -0.4 is 10.5 Å². The summed E-state index contributed by atoms with van der Waals surface area (Å²) in [5, 5.41) is 0. The number of carbonyl (C=O) groups excluding carboxylic acids is 2. The number of piperidine rings is 2. The van der Waals surface area contributed by atoms with Crippen LogP contribution in [0.15, 0.2) is 30.6 Å². The SMILES string of the molecule is CCC(F)(CC)CN1CCC(COc2cnc(-c3ccc(C(=O)N4CCCCC4C(N)=O)cc3F)nc2)CC1. The summed E-state index contributed by atoms with van der Waals surface area (Å²) in [4.78, 5) is 36.9. The van der Waals surface area contributed by atoms with E-state index >= 15 is 0 Å². The highest BCUT2D eigenvalue weighted by molar-refractivity contribution is 5.97. The molecule has 0 saturated carbocycles. The maximum atomic E-state index is 15.0. The van der Waals surface area contributed by atoms with Crippen LogP contribution in [0.2, 0.25) is 0 Å². The van der Waals surface area contributed by atoms with Gasteiger partial charge in [-0.1, -0.05) is 13.8 Å². The van der Waals surface area contributed by atoms with E-state index in [2.05, 4.69) is 14.9 Å². The number of alkyl halides is 1. The van der Waals surface area contributed by atoms with Gasteiger partial charge in [-0.3, -0.25) is 9.59 Å². The standard InChI is InChI=1S/C29H39F2N5O3/c1-3-29(31,4-2)19-35-13-10-20(11-14-35)18-39-22-16-33-27(34-17-22)23-9-8-21(15-24(23)30)28(38)36-12-6-5-7-25(36)26(32)37/h8-9,15-17,20,25H,3-7,10-14,18-19H2,1-2H3,(H2,32,37). The van der Waals surface area contributed by atoms with Crippen molar-refractivity contribution in [1.29, 1.82) is 0 Å². The molecule has 2 fully saturated rings. The molecule has 1 aromatic carbocycles. The van der Waals surface area contributed by atoms with E-state index in [-0.39, 0.29) is 17.0 Å². The van der Waals surface area contributed by atoms with Gasteiger partial charge in [0.2, 0.25) is 5.91 Å². The Bertz CT molecular complexity index is 1130. The van der Waals surface area contributed by atoms with Crippen molar-refractivity contribution in [2.45, 2.75) is 70.5 Å². The van der Waals surface area contributed by atoms with E-state index in [9.17, 15) is 18.4 Å². The van der Waals surface area contributed by atoms with Crippen molar-refractivity contribution >= 4 is 11.8 Å². The molecule has 0 radical (unpaired) electrons. The van der Waals surface area contributed by atoms with Gasteiger partial charge in [0.25, 0.3) is 5.91 Å². The minimum atomic E-state index is -1.11. The van der Waals surface area contributed by atoms with Gasteiger partial charge in [0.15, 0.2) is 11.6 Å². The molecule has 2 aliphatic rings. The zero-order valence-electron chi connectivity index (χ0n) is 22.9. The average Bonchev–Trinajstić information content (AvgIpc) is 2.96. The van der Waals surface area contributed by atoms with Crippen LogP contribution in [-0.2, 0) is 4.79 Å². The van der Waals surface area contributed by atoms with Crippen LogP contribution in [0.3, 0.4) is 0 Å². The number of primary amides is 1. The van der Waals surface area contributed by atoms with Crippen molar-refractivity contribution in [3.63, 3.8) is 0 Å². The molecule has 1 unspecified atom stereocenters. The van der Waals surface area contributed by atoms with Crippen molar-refractivity contribution in [3.8, 4) is 17.1 Å². The lowest BCUT2D eigenvalue weighted by Gasteiger charge is -2.36. The lowest BCUT2D eigenvalue weighted by atomic mass is 9.94. The summed E-state index contributed by atoms with van der Waals surface area (Å²) in [6.07, 6.45) is 8.08. The molecule has 1 atom stereocenters. The largest absolute Gasteiger partial charge is 0.490 e. The highest BCUT2D eigenvalue weighted by Crippen LogP contribution is 2.27. The third-order valence-corrected chi connectivity index (χ3v) is 8.14. The van der Waals surface area contributed by atoms with Crippen LogP contribution in [0, 0.1) is 11.7 Å². The van der Waals surface area contributed by atoms with Gasteiger partial charge in [-0.25, -0.2) is 18.7 Å². The predicted molar refractivity (Wildman–Crippen MR) is 144 cm³/mol. The van der Waals surface area contributed by atoms with Gasteiger partial charge >= 0.3 is 0 Å². The fourth-order valence-electron chi connectivity index (χ4n) is 5.40. The van der Waals surface area contributed by atoms with Gasteiger partial charge in [-0.15, -0.1) is 0 Å². The first kappa shape index (κ1) is 28.9. The molecule has 10 heteroatoms. The monoisotopic (exact) mass is 543 g/mol. The summed E-state index contributed by atoms with van der Waals surface area (Å²) in [6, 6.07) is 3.47. The Morgan fingerprint density at radius 1 is 1.08 bits per heavy atom. The molecule has 1 aromatic heterocycles. The van der Waals surface area contributed by atoms with E-state index in [1.165, 1.54) is 29.4 Å². The molecule has 2 aromatic rings. The number of nitrogens with two attached hydrogens (primary N) is 1. The Balaban J connectivity index is 1.31. The Kier molecular flexibility index (Phi) is 9.48. The molecule has 2 saturated heterocycles. The number of carbonyl (C=O) groups is 2. The minimum Gasteiger partial charge on any atom is -0.490 e. The molecule has 0 spiro atoms. The van der Waals surface area contributed by atoms with Crippen molar-refractivity contribution in [2.24, 2.45) is 11.7 Å². The summed E-state index contributed by atoms with van der Waals surface area (Å²) in [7, 11) is 0. The highest BCUT2D eigenvalue weighted by atomic mass is 19.1. The number of aromatic nitrogens is 2. The summed E-state index contributed by atoms with van der Waals surface area (Å²) >= 11 is 0. The predicted octanol–water partition coefficient (Wildman–Crippen LogP) is 4.38. The van der Waals surface area contributed by atoms with Gasteiger partial charge < -0.3 is 20.3 Å². The van der Waals surface area contributed by atoms with Crippen molar-refractivity contribution in [2.75, 3.05) is 32.8 Å². The molecular weight excluding hydrogens is 504 g/mol. The first-order chi connectivity index (χ1) is 18.7. The maximum absolute atomic E-state index is 15.0. The zero-order valence-corrected chi connectivity index (χ0v) is 22.9. The average molecular weight is 544 g/mol. The van der Waals surface area contributed by atoms with Gasteiger partial charge in [0.05, 0.1) is 24.6 Å². The summed E-state index contributed by atoms with van der Waals surface area (Å²) < 4.78 is 35.6. The second-order valence-corrected chi connectivity index (χ2v) is 10.7. The molecule has 2 amide bonds. The first-order valence-electron chi connectivity index (χ1n) is 14.0. The Hall–Kier alpha value is -3.14. The Morgan fingerprint density at radius 3 is 2.38 bits per heavy atom. The van der Waals surface area contributed by atoms with Gasteiger partial charge in [-0.05, 0) is 82.2 Å². The van der Waals surface area contributed by atoms with E-state index < -0.39 is 29.3 Å². The molecule has 2 aliphatic heterocycles. The van der Waals surface area contributed by atoms with Crippen LogP contribution in [0.1, 0.15) is 69.2 Å². The van der Waals surface area contributed by atoms with Crippen LogP contribution in [0.25, 0.3) is 11.4 Å². The number of halogens is 2.